The van der Waals surface area contributed by atoms with Crippen molar-refractivity contribution in [3.8, 4) is 0 Å². The molecule has 1 aliphatic rings. The van der Waals surface area contributed by atoms with Crippen molar-refractivity contribution in [2.24, 2.45) is 0 Å². The summed E-state index contributed by atoms with van der Waals surface area (Å²) < 4.78 is 26.2. The van der Waals surface area contributed by atoms with Crippen LogP contribution >= 0.6 is 0 Å². The number of sulfonamides is 1. The van der Waals surface area contributed by atoms with Crippen molar-refractivity contribution >= 4 is 16.1 Å². The number of imidazole rings is 1. The molecule has 2 rings (SSSR count). The van der Waals surface area contributed by atoms with Crippen LogP contribution in [0.4, 0.5) is 4.79 Å². The number of hydrogen-bond acceptors (Lipinski definition) is 4. The Labute approximate surface area is 130 Å². The van der Waals surface area contributed by atoms with Gasteiger partial charge in [-0.3, -0.25) is 0 Å². The monoisotopic (exact) mass is 329 g/mol. The summed E-state index contributed by atoms with van der Waals surface area (Å²) in [6, 6.07) is -0.228. The fraction of sp³-hybridized carbons (Fsp3) is 0.692. The van der Waals surface area contributed by atoms with Gasteiger partial charge in [-0.15, -0.1) is 0 Å². The van der Waals surface area contributed by atoms with Crippen molar-refractivity contribution in [1.29, 1.82) is 0 Å². The van der Waals surface area contributed by atoms with Gasteiger partial charge < -0.3 is 15.2 Å². The molecule has 0 aliphatic carbocycles. The van der Waals surface area contributed by atoms with Crippen molar-refractivity contribution in [3.05, 3.63) is 18.7 Å². The smallest absolute Gasteiger partial charge is 0.315 e. The van der Waals surface area contributed by atoms with Crippen LogP contribution in [0.5, 0.6) is 0 Å². The third-order valence-corrected chi connectivity index (χ3v) is 4.98. The molecule has 9 heteroatoms. The van der Waals surface area contributed by atoms with Crippen LogP contribution in [-0.4, -0.2) is 59.7 Å². The minimum Gasteiger partial charge on any atom is -0.335 e. The Morgan fingerprint density at radius 3 is 2.64 bits per heavy atom. The standard InChI is InChI=1S/C13H23N5O3S/c1-11(9-17-8-5-14-10-17)15-13(19)16-12-3-6-18(7-4-12)22(2,20)21/h5,8,10-12H,3-4,6-7,9H2,1-2H3,(H2,15,16,19)/t11-/m1/s1. The van der Waals surface area contributed by atoms with Crippen LogP contribution in [0.3, 0.4) is 0 Å². The van der Waals surface area contributed by atoms with E-state index in [1.807, 2.05) is 17.7 Å². The lowest BCUT2D eigenvalue weighted by atomic mass is 10.1. The first-order valence-corrected chi connectivity index (χ1v) is 9.17. The van der Waals surface area contributed by atoms with E-state index >= 15 is 0 Å². The Hall–Kier alpha value is -1.61. The van der Waals surface area contributed by atoms with Gasteiger partial charge in [-0.2, -0.15) is 0 Å². The fourth-order valence-corrected chi connectivity index (χ4v) is 3.41. The number of piperidine rings is 1. The van der Waals surface area contributed by atoms with E-state index in [0.717, 1.165) is 0 Å². The van der Waals surface area contributed by atoms with Crippen molar-refractivity contribution in [2.75, 3.05) is 19.3 Å². The number of nitrogens with one attached hydrogen (secondary N) is 2. The molecule has 0 bridgehead atoms. The Morgan fingerprint density at radius 2 is 2.09 bits per heavy atom. The van der Waals surface area contributed by atoms with Crippen LogP contribution in [0.2, 0.25) is 0 Å². The van der Waals surface area contributed by atoms with Gasteiger partial charge in [-0.25, -0.2) is 22.5 Å². The van der Waals surface area contributed by atoms with Crippen LogP contribution in [0, 0.1) is 0 Å². The first-order chi connectivity index (χ1) is 10.3. The van der Waals surface area contributed by atoms with Crippen molar-refractivity contribution in [2.45, 2.75) is 38.4 Å². The number of nitrogens with zero attached hydrogens (tertiary/aromatic N) is 3. The number of carbonyl (C=O) groups excluding carboxylic acids is 1. The lowest BCUT2D eigenvalue weighted by Crippen LogP contribution is -2.50. The second-order valence-electron chi connectivity index (χ2n) is 5.71. The van der Waals surface area contributed by atoms with Gasteiger partial charge >= 0.3 is 6.03 Å². The molecule has 1 atom stereocenters. The van der Waals surface area contributed by atoms with Gasteiger partial charge in [-0.05, 0) is 19.8 Å². The first-order valence-electron chi connectivity index (χ1n) is 7.32. The Bertz CT molecular complexity index is 579. The van der Waals surface area contributed by atoms with Crippen molar-refractivity contribution in [3.63, 3.8) is 0 Å². The fourth-order valence-electron chi connectivity index (χ4n) is 2.54. The lowest BCUT2D eigenvalue weighted by Gasteiger charge is -2.31. The summed E-state index contributed by atoms with van der Waals surface area (Å²) >= 11 is 0. The summed E-state index contributed by atoms with van der Waals surface area (Å²) in [7, 11) is -3.13. The van der Waals surface area contributed by atoms with Crippen LogP contribution in [0.1, 0.15) is 19.8 Å². The second kappa shape index (κ2) is 7.10. The van der Waals surface area contributed by atoms with Gasteiger partial charge in [-0.1, -0.05) is 0 Å². The van der Waals surface area contributed by atoms with Gasteiger partial charge in [0.1, 0.15) is 0 Å². The van der Waals surface area contributed by atoms with Gasteiger partial charge in [0.2, 0.25) is 10.0 Å². The van der Waals surface area contributed by atoms with E-state index in [-0.39, 0.29) is 18.1 Å². The quantitative estimate of drug-likeness (QED) is 0.794. The predicted octanol–water partition coefficient (Wildman–Crippen LogP) is -0.00520. The normalized spacial score (nSPS) is 18.8. The molecule has 22 heavy (non-hydrogen) atoms. The average molecular weight is 329 g/mol. The lowest BCUT2D eigenvalue weighted by molar-refractivity contribution is 0.223. The SMILES string of the molecule is C[C@H](Cn1ccnc1)NC(=O)NC1CCN(S(C)(=O)=O)CC1. The zero-order valence-electron chi connectivity index (χ0n) is 12.9. The maximum absolute atomic E-state index is 11.9. The van der Waals surface area contributed by atoms with Crippen LogP contribution < -0.4 is 10.6 Å². The molecule has 8 nitrogen and oxygen atoms in total. The largest absolute Gasteiger partial charge is 0.335 e. The van der Waals surface area contributed by atoms with E-state index in [4.69, 9.17) is 0 Å². The van der Waals surface area contributed by atoms with Crippen LogP contribution in [0.15, 0.2) is 18.7 Å². The number of rotatable bonds is 5. The molecule has 0 spiro atoms. The molecule has 1 aromatic heterocycles. The Balaban J connectivity index is 1.72. The number of carbonyl (C=O) groups is 1. The summed E-state index contributed by atoms with van der Waals surface area (Å²) in [6.45, 7) is 3.48. The highest BCUT2D eigenvalue weighted by atomic mass is 32.2. The number of hydrogen-bond donors (Lipinski definition) is 2. The number of amides is 2. The minimum atomic E-state index is -3.13. The maximum atomic E-state index is 11.9. The highest BCUT2D eigenvalue weighted by molar-refractivity contribution is 7.88. The Kier molecular flexibility index (Phi) is 5.41. The summed E-state index contributed by atoms with van der Waals surface area (Å²) in [5.74, 6) is 0. The average Bonchev–Trinajstić information content (AvgIpc) is 2.90. The van der Waals surface area contributed by atoms with Crippen LogP contribution in [-0.2, 0) is 16.6 Å². The van der Waals surface area contributed by atoms with E-state index in [0.29, 0.717) is 32.5 Å². The molecule has 2 heterocycles. The summed E-state index contributed by atoms with van der Waals surface area (Å²) in [5, 5.41) is 5.78. The zero-order chi connectivity index (χ0) is 16.2. The van der Waals surface area contributed by atoms with E-state index in [1.54, 1.807) is 12.5 Å². The molecular weight excluding hydrogens is 306 g/mol. The van der Waals surface area contributed by atoms with Gasteiger partial charge in [0.05, 0.1) is 12.6 Å². The molecule has 124 valence electrons. The van der Waals surface area contributed by atoms with E-state index in [1.165, 1.54) is 10.6 Å². The second-order valence-corrected chi connectivity index (χ2v) is 7.70. The third-order valence-electron chi connectivity index (χ3n) is 3.68. The zero-order valence-corrected chi connectivity index (χ0v) is 13.7. The number of aromatic nitrogens is 2. The molecule has 1 aliphatic heterocycles. The predicted molar refractivity (Wildman–Crippen MR) is 82.8 cm³/mol. The molecule has 2 N–H and O–H groups in total. The molecule has 2 amide bonds. The highest BCUT2D eigenvalue weighted by Gasteiger charge is 2.25. The molecule has 0 unspecified atom stereocenters. The Morgan fingerprint density at radius 1 is 1.41 bits per heavy atom. The van der Waals surface area contributed by atoms with E-state index < -0.39 is 10.0 Å². The molecule has 1 saturated heterocycles. The molecule has 1 fully saturated rings. The van der Waals surface area contributed by atoms with E-state index in [2.05, 4.69) is 15.6 Å². The topological polar surface area (TPSA) is 96.3 Å². The maximum Gasteiger partial charge on any atom is 0.315 e. The van der Waals surface area contributed by atoms with E-state index in [9.17, 15) is 13.2 Å². The minimum absolute atomic E-state index is 0.0124. The third kappa shape index (κ3) is 4.99. The first kappa shape index (κ1) is 16.8. The van der Waals surface area contributed by atoms with Gasteiger partial charge in [0.25, 0.3) is 0 Å². The van der Waals surface area contributed by atoms with Crippen LogP contribution in [0.25, 0.3) is 0 Å². The molecule has 0 radical (unpaired) electrons. The molecular formula is C13H23N5O3S. The summed E-state index contributed by atoms with van der Waals surface area (Å²) in [4.78, 5) is 15.9. The summed E-state index contributed by atoms with van der Waals surface area (Å²) in [5.41, 5.74) is 0. The van der Waals surface area contributed by atoms with Crippen molar-refractivity contribution < 1.29 is 13.2 Å². The molecule has 0 saturated carbocycles. The van der Waals surface area contributed by atoms with Gasteiger partial charge in [0.15, 0.2) is 0 Å². The number of urea groups is 1. The van der Waals surface area contributed by atoms with Crippen molar-refractivity contribution in [1.82, 2.24) is 24.5 Å². The van der Waals surface area contributed by atoms with Gasteiger partial charge in [0, 0.05) is 44.1 Å². The summed E-state index contributed by atoms with van der Waals surface area (Å²) in [6.07, 6.45) is 7.73. The molecule has 1 aromatic rings. The highest BCUT2D eigenvalue weighted by Crippen LogP contribution is 2.13. The molecule has 0 aromatic carbocycles.